The molecule has 0 aliphatic rings. The van der Waals surface area contributed by atoms with E-state index in [-0.39, 0.29) is 12.5 Å². The first-order valence-electron chi connectivity index (χ1n) is 5.30. The average Bonchev–Trinajstić information content (AvgIpc) is 2.85. The van der Waals surface area contributed by atoms with E-state index >= 15 is 0 Å². The molecule has 0 bridgehead atoms. The summed E-state index contributed by atoms with van der Waals surface area (Å²) in [5.74, 6) is 2.01. The molecule has 0 spiro atoms. The molecule has 0 saturated carbocycles. The highest BCUT2D eigenvalue weighted by Gasteiger charge is 2.05. The number of aliphatic imine (C=N–C) groups is 1. The van der Waals surface area contributed by atoms with Gasteiger partial charge in [-0.05, 0) is 24.3 Å². The van der Waals surface area contributed by atoms with Gasteiger partial charge in [0.25, 0.3) is 0 Å². The maximum absolute atomic E-state index is 5.24. The molecule has 0 unspecified atom stereocenters. The number of aromatic nitrogens is 3. The number of methoxy groups -OCH3 is 1. The van der Waals surface area contributed by atoms with Crippen LogP contribution in [-0.4, -0.2) is 28.3 Å². The van der Waals surface area contributed by atoms with Gasteiger partial charge in [-0.3, -0.25) is 5.10 Å². The van der Waals surface area contributed by atoms with Gasteiger partial charge in [-0.1, -0.05) is 0 Å². The smallest absolute Gasteiger partial charge is 0.186 e. The Labute approximate surface area is 104 Å². The molecular weight excluding hydrogens is 232 g/mol. The fraction of sp³-hybridized carbons (Fsp3) is 0.182. The summed E-state index contributed by atoms with van der Waals surface area (Å²) in [6.07, 6.45) is 0. The minimum atomic E-state index is 0.0254. The van der Waals surface area contributed by atoms with Crippen LogP contribution in [0.1, 0.15) is 5.82 Å². The Morgan fingerprint density at radius 2 is 2.06 bits per heavy atom. The lowest BCUT2D eigenvalue weighted by atomic mass is 10.2. The van der Waals surface area contributed by atoms with E-state index in [4.69, 9.17) is 16.2 Å². The summed E-state index contributed by atoms with van der Waals surface area (Å²) in [7, 11) is 1.62. The molecule has 0 amide bonds. The van der Waals surface area contributed by atoms with Crippen molar-refractivity contribution in [1.29, 1.82) is 0 Å². The molecule has 1 aromatic carbocycles. The van der Waals surface area contributed by atoms with Crippen molar-refractivity contribution in [3.05, 3.63) is 30.1 Å². The van der Waals surface area contributed by atoms with Crippen molar-refractivity contribution in [2.75, 3.05) is 7.11 Å². The molecule has 2 aromatic rings. The van der Waals surface area contributed by atoms with Crippen molar-refractivity contribution in [2.24, 2.45) is 16.5 Å². The van der Waals surface area contributed by atoms with Gasteiger partial charge in [-0.15, -0.1) is 0 Å². The molecule has 0 fully saturated rings. The van der Waals surface area contributed by atoms with Crippen LogP contribution in [0.25, 0.3) is 11.4 Å². The van der Waals surface area contributed by atoms with Gasteiger partial charge in [0.15, 0.2) is 11.8 Å². The van der Waals surface area contributed by atoms with Crippen molar-refractivity contribution in [1.82, 2.24) is 15.2 Å². The Balaban J connectivity index is 2.15. The summed E-state index contributed by atoms with van der Waals surface area (Å²) >= 11 is 0. The van der Waals surface area contributed by atoms with Crippen LogP contribution in [0, 0.1) is 0 Å². The van der Waals surface area contributed by atoms with Crippen LogP contribution in [0.3, 0.4) is 0 Å². The molecule has 1 heterocycles. The summed E-state index contributed by atoms with van der Waals surface area (Å²) < 4.78 is 5.08. The Bertz CT molecular complexity index is 541. The van der Waals surface area contributed by atoms with Gasteiger partial charge < -0.3 is 16.2 Å². The Kier molecular flexibility index (Phi) is 3.42. The minimum absolute atomic E-state index is 0.0254. The third-order valence-electron chi connectivity index (χ3n) is 2.29. The predicted octanol–water partition coefficient (Wildman–Crippen LogP) is 0.254. The lowest BCUT2D eigenvalue weighted by Gasteiger charge is -1.99. The second-order valence-corrected chi connectivity index (χ2v) is 3.58. The number of nitrogens with one attached hydrogen (secondary N) is 1. The number of aromatic amines is 1. The summed E-state index contributed by atoms with van der Waals surface area (Å²) in [4.78, 5) is 8.13. The number of nitrogens with two attached hydrogens (primary N) is 2. The molecule has 1 aromatic heterocycles. The highest BCUT2D eigenvalue weighted by atomic mass is 16.5. The van der Waals surface area contributed by atoms with Gasteiger partial charge in [-0.25, -0.2) is 9.98 Å². The second-order valence-electron chi connectivity index (χ2n) is 3.58. The largest absolute Gasteiger partial charge is 0.497 e. The van der Waals surface area contributed by atoms with Crippen molar-refractivity contribution >= 4 is 5.96 Å². The highest BCUT2D eigenvalue weighted by molar-refractivity contribution is 5.75. The van der Waals surface area contributed by atoms with E-state index in [2.05, 4.69) is 20.2 Å². The third kappa shape index (κ3) is 2.76. The van der Waals surface area contributed by atoms with Gasteiger partial charge in [0.1, 0.15) is 18.1 Å². The lowest BCUT2D eigenvalue weighted by Crippen LogP contribution is -2.22. The zero-order chi connectivity index (χ0) is 13.0. The van der Waals surface area contributed by atoms with Gasteiger partial charge in [-0.2, -0.15) is 5.10 Å². The molecule has 2 rings (SSSR count). The fourth-order valence-corrected chi connectivity index (χ4v) is 1.40. The van der Waals surface area contributed by atoms with E-state index < -0.39 is 0 Å². The predicted molar refractivity (Wildman–Crippen MR) is 67.9 cm³/mol. The van der Waals surface area contributed by atoms with Crippen molar-refractivity contribution in [2.45, 2.75) is 6.54 Å². The first-order chi connectivity index (χ1) is 8.69. The van der Waals surface area contributed by atoms with Gasteiger partial charge in [0.2, 0.25) is 0 Å². The molecule has 0 aliphatic heterocycles. The molecule has 18 heavy (non-hydrogen) atoms. The molecule has 94 valence electrons. The van der Waals surface area contributed by atoms with Gasteiger partial charge >= 0.3 is 0 Å². The van der Waals surface area contributed by atoms with Crippen molar-refractivity contribution in [3.8, 4) is 17.1 Å². The number of hydrogen-bond donors (Lipinski definition) is 3. The van der Waals surface area contributed by atoms with Gasteiger partial charge in [0, 0.05) is 5.56 Å². The normalized spacial score (nSPS) is 10.1. The molecule has 0 atom stereocenters. The first-order valence-corrected chi connectivity index (χ1v) is 5.30. The van der Waals surface area contributed by atoms with Crippen molar-refractivity contribution < 1.29 is 4.74 Å². The zero-order valence-electron chi connectivity index (χ0n) is 9.92. The summed E-state index contributed by atoms with van der Waals surface area (Å²) in [6.45, 7) is 0.283. The number of ether oxygens (including phenoxy) is 1. The minimum Gasteiger partial charge on any atom is -0.497 e. The van der Waals surface area contributed by atoms with Crippen LogP contribution in [-0.2, 0) is 6.54 Å². The highest BCUT2D eigenvalue weighted by Crippen LogP contribution is 2.18. The Hall–Kier alpha value is -2.57. The van der Waals surface area contributed by atoms with E-state index in [1.165, 1.54) is 0 Å². The average molecular weight is 246 g/mol. The number of rotatable bonds is 4. The molecule has 7 nitrogen and oxygen atoms in total. The molecule has 0 aliphatic carbocycles. The Morgan fingerprint density at radius 1 is 1.33 bits per heavy atom. The first kappa shape index (κ1) is 11.9. The zero-order valence-corrected chi connectivity index (χ0v) is 9.92. The molecule has 5 N–H and O–H groups in total. The van der Waals surface area contributed by atoms with Crippen LogP contribution < -0.4 is 16.2 Å². The maximum atomic E-state index is 5.24. The fourth-order valence-electron chi connectivity index (χ4n) is 1.40. The van der Waals surface area contributed by atoms with Crippen molar-refractivity contribution in [3.63, 3.8) is 0 Å². The summed E-state index contributed by atoms with van der Waals surface area (Å²) in [6, 6.07) is 7.46. The monoisotopic (exact) mass is 246 g/mol. The summed E-state index contributed by atoms with van der Waals surface area (Å²) in [5, 5.41) is 6.87. The van der Waals surface area contributed by atoms with Crippen LogP contribution in [0.5, 0.6) is 5.75 Å². The van der Waals surface area contributed by atoms with Gasteiger partial charge in [0.05, 0.1) is 7.11 Å². The van der Waals surface area contributed by atoms with Crippen LogP contribution in [0.4, 0.5) is 0 Å². The SMILES string of the molecule is COc1ccc(-c2n[nH]c(CN=C(N)N)n2)cc1. The standard InChI is InChI=1S/C11H14N6O/c1-18-8-4-2-7(3-5-8)10-15-9(16-17-10)6-14-11(12)13/h2-5H,6H2,1H3,(H4,12,13,14)(H,15,16,17). The van der Waals surface area contributed by atoms with E-state index in [1.807, 2.05) is 24.3 Å². The third-order valence-corrected chi connectivity index (χ3v) is 2.29. The van der Waals surface area contributed by atoms with E-state index in [0.29, 0.717) is 11.6 Å². The van der Waals surface area contributed by atoms with Crippen LogP contribution >= 0.6 is 0 Å². The summed E-state index contributed by atoms with van der Waals surface area (Å²) in [5.41, 5.74) is 11.4. The van der Waals surface area contributed by atoms with Crippen LogP contribution in [0.2, 0.25) is 0 Å². The number of H-pyrrole nitrogens is 1. The lowest BCUT2D eigenvalue weighted by molar-refractivity contribution is 0.415. The van der Waals surface area contributed by atoms with E-state index in [9.17, 15) is 0 Å². The van der Waals surface area contributed by atoms with Crippen LogP contribution in [0.15, 0.2) is 29.3 Å². The number of hydrogen-bond acceptors (Lipinski definition) is 4. The quantitative estimate of drug-likeness (QED) is 0.528. The number of benzene rings is 1. The molecule has 7 heteroatoms. The number of guanidine groups is 1. The second kappa shape index (κ2) is 5.17. The molecule has 0 saturated heterocycles. The Morgan fingerprint density at radius 3 is 2.67 bits per heavy atom. The van der Waals surface area contributed by atoms with E-state index in [0.717, 1.165) is 11.3 Å². The molecular formula is C11H14N6O. The number of nitrogens with zero attached hydrogens (tertiary/aromatic N) is 3. The maximum Gasteiger partial charge on any atom is 0.186 e. The molecule has 0 radical (unpaired) electrons. The van der Waals surface area contributed by atoms with E-state index in [1.54, 1.807) is 7.11 Å². The topological polar surface area (TPSA) is 115 Å².